The van der Waals surface area contributed by atoms with Gasteiger partial charge >= 0.3 is 0 Å². The summed E-state index contributed by atoms with van der Waals surface area (Å²) in [5, 5.41) is 2.66. The van der Waals surface area contributed by atoms with Crippen LogP contribution in [0, 0.1) is 16.4 Å². The molecule has 4 rings (SSSR count). The SMILES string of the molecule is O=C(Cc1[nH]c(=S)n2c1CC(c1c(F)ccc(Cl)c1F)C2)NCCN1CCC(F)(F)CC1. The fraction of sp³-hybridized carbons (Fsp3) is 0.524. The number of hydrogen-bond donors (Lipinski definition) is 2. The Morgan fingerprint density at radius 2 is 2.00 bits per heavy atom. The number of aromatic nitrogens is 2. The van der Waals surface area contributed by atoms with Gasteiger partial charge in [0, 0.05) is 68.4 Å². The first-order valence-corrected chi connectivity index (χ1v) is 11.2. The minimum Gasteiger partial charge on any atom is -0.354 e. The lowest BCUT2D eigenvalue weighted by Crippen LogP contribution is -2.43. The molecule has 11 heteroatoms. The molecular formula is C21H23ClF4N4OS. The maximum absolute atomic E-state index is 14.5. The number of carbonyl (C=O) groups excluding carboxylic acids is 1. The molecule has 0 aliphatic carbocycles. The van der Waals surface area contributed by atoms with Crippen molar-refractivity contribution in [3.05, 3.63) is 50.5 Å². The highest BCUT2D eigenvalue weighted by Crippen LogP contribution is 2.36. The zero-order chi connectivity index (χ0) is 23.0. The average molecular weight is 491 g/mol. The highest BCUT2D eigenvalue weighted by Gasteiger charge is 2.34. The molecule has 3 heterocycles. The van der Waals surface area contributed by atoms with Crippen LogP contribution < -0.4 is 5.32 Å². The number of nitrogens with one attached hydrogen (secondary N) is 2. The lowest BCUT2D eigenvalue weighted by atomic mass is 9.95. The van der Waals surface area contributed by atoms with Crippen LogP contribution in [0.5, 0.6) is 0 Å². The molecule has 2 N–H and O–H groups in total. The minimum atomic E-state index is -2.60. The molecule has 1 saturated heterocycles. The Hall–Kier alpha value is -1.91. The Balaban J connectivity index is 1.36. The zero-order valence-corrected chi connectivity index (χ0v) is 18.8. The molecule has 5 nitrogen and oxygen atoms in total. The van der Waals surface area contributed by atoms with E-state index in [0.717, 1.165) is 11.8 Å². The summed E-state index contributed by atoms with van der Waals surface area (Å²) in [5.41, 5.74) is 1.28. The topological polar surface area (TPSA) is 53.1 Å². The largest absolute Gasteiger partial charge is 0.354 e. The molecule has 2 aliphatic heterocycles. The normalized spacial score (nSPS) is 20.3. The Bertz CT molecular complexity index is 1080. The monoisotopic (exact) mass is 490 g/mol. The maximum Gasteiger partial charge on any atom is 0.250 e. The van der Waals surface area contributed by atoms with Gasteiger partial charge in [0.25, 0.3) is 5.92 Å². The van der Waals surface area contributed by atoms with E-state index in [0.29, 0.717) is 49.6 Å². The van der Waals surface area contributed by atoms with E-state index in [9.17, 15) is 22.4 Å². The van der Waals surface area contributed by atoms with Gasteiger partial charge in [-0.2, -0.15) is 0 Å². The van der Waals surface area contributed by atoms with E-state index >= 15 is 0 Å². The van der Waals surface area contributed by atoms with Crippen molar-refractivity contribution in [2.75, 3.05) is 26.2 Å². The molecule has 32 heavy (non-hydrogen) atoms. The van der Waals surface area contributed by atoms with Crippen molar-refractivity contribution >= 4 is 29.7 Å². The van der Waals surface area contributed by atoms with Gasteiger partial charge in [0.1, 0.15) is 11.6 Å². The third-order valence-electron chi connectivity index (χ3n) is 6.18. The second-order valence-electron chi connectivity index (χ2n) is 8.35. The number of piperidine rings is 1. The number of amides is 1. The van der Waals surface area contributed by atoms with Crippen molar-refractivity contribution in [2.45, 2.75) is 44.1 Å². The highest BCUT2D eigenvalue weighted by molar-refractivity contribution is 7.71. The van der Waals surface area contributed by atoms with E-state index in [4.69, 9.17) is 23.8 Å². The van der Waals surface area contributed by atoms with Crippen LogP contribution in [0.3, 0.4) is 0 Å². The fourth-order valence-corrected chi connectivity index (χ4v) is 4.91. The predicted octanol–water partition coefficient (Wildman–Crippen LogP) is 4.21. The van der Waals surface area contributed by atoms with Crippen molar-refractivity contribution in [3.8, 4) is 0 Å². The molecule has 1 amide bonds. The standard InChI is InChI=1S/C21H23ClF4N4OS/c22-13-1-2-14(23)18(19(13)24)12-9-16-15(28-20(32)30(16)11-12)10-17(31)27-5-8-29-6-3-21(25,26)4-7-29/h1-2,12H,3-11H2,(H,27,31)(H,28,32). The van der Waals surface area contributed by atoms with Gasteiger partial charge in [-0.1, -0.05) is 11.6 Å². The first-order valence-electron chi connectivity index (χ1n) is 10.5. The fourth-order valence-electron chi connectivity index (χ4n) is 4.44. The van der Waals surface area contributed by atoms with Gasteiger partial charge < -0.3 is 19.8 Å². The van der Waals surface area contributed by atoms with Gasteiger partial charge in [-0.15, -0.1) is 0 Å². The van der Waals surface area contributed by atoms with Crippen LogP contribution >= 0.6 is 23.8 Å². The number of carbonyl (C=O) groups is 1. The van der Waals surface area contributed by atoms with E-state index in [-0.39, 0.29) is 35.8 Å². The summed E-state index contributed by atoms with van der Waals surface area (Å²) in [6.07, 6.45) is 0.0376. The number of nitrogens with zero attached hydrogens (tertiary/aromatic N) is 2. The maximum atomic E-state index is 14.5. The first-order chi connectivity index (χ1) is 15.1. The van der Waals surface area contributed by atoms with Crippen LogP contribution in [0.2, 0.25) is 5.02 Å². The van der Waals surface area contributed by atoms with Crippen molar-refractivity contribution < 1.29 is 22.4 Å². The van der Waals surface area contributed by atoms with Gasteiger partial charge in [-0.3, -0.25) is 4.79 Å². The smallest absolute Gasteiger partial charge is 0.250 e. The van der Waals surface area contributed by atoms with Gasteiger partial charge in [-0.25, -0.2) is 17.6 Å². The summed E-state index contributed by atoms with van der Waals surface area (Å²) >= 11 is 11.2. The quantitative estimate of drug-likeness (QED) is 0.362. The molecule has 0 bridgehead atoms. The third-order valence-corrected chi connectivity index (χ3v) is 6.80. The number of fused-ring (bicyclic) bond motifs is 1. The molecule has 1 atom stereocenters. The summed E-state index contributed by atoms with van der Waals surface area (Å²) in [7, 11) is 0. The average Bonchev–Trinajstić information content (AvgIpc) is 3.28. The van der Waals surface area contributed by atoms with Crippen LogP contribution in [0.1, 0.15) is 35.7 Å². The van der Waals surface area contributed by atoms with Gasteiger partial charge in [-0.05, 0) is 30.8 Å². The van der Waals surface area contributed by atoms with Crippen LogP contribution in [0.4, 0.5) is 17.6 Å². The molecule has 1 aromatic carbocycles. The number of likely N-dealkylation sites (tertiary alicyclic amines) is 1. The summed E-state index contributed by atoms with van der Waals surface area (Å²) in [6, 6.07) is 2.33. The van der Waals surface area contributed by atoms with Crippen LogP contribution in [0.15, 0.2) is 12.1 Å². The number of H-pyrrole nitrogens is 1. The summed E-state index contributed by atoms with van der Waals surface area (Å²) in [6.45, 7) is 1.76. The molecule has 0 spiro atoms. The van der Waals surface area contributed by atoms with E-state index in [2.05, 4.69) is 10.3 Å². The van der Waals surface area contributed by atoms with E-state index in [1.165, 1.54) is 6.07 Å². The van der Waals surface area contributed by atoms with Crippen molar-refractivity contribution in [3.63, 3.8) is 0 Å². The first kappa shape index (κ1) is 23.3. The molecule has 1 unspecified atom stereocenters. The van der Waals surface area contributed by atoms with Crippen LogP contribution in [-0.4, -0.2) is 52.5 Å². The van der Waals surface area contributed by atoms with Gasteiger partial charge in [0.2, 0.25) is 5.91 Å². The summed E-state index contributed by atoms with van der Waals surface area (Å²) < 4.78 is 57.4. The number of alkyl halides is 2. The molecule has 2 aromatic rings. The number of halogens is 5. The highest BCUT2D eigenvalue weighted by atomic mass is 35.5. The van der Waals surface area contributed by atoms with Crippen LogP contribution in [0.25, 0.3) is 0 Å². The molecule has 2 aliphatic rings. The Kier molecular flexibility index (Phi) is 6.65. The third kappa shape index (κ3) is 4.87. The summed E-state index contributed by atoms with van der Waals surface area (Å²) in [5.74, 6) is -4.74. The zero-order valence-electron chi connectivity index (χ0n) is 17.2. The van der Waals surface area contributed by atoms with Crippen molar-refractivity contribution in [1.29, 1.82) is 0 Å². The van der Waals surface area contributed by atoms with Crippen molar-refractivity contribution in [1.82, 2.24) is 19.8 Å². The lowest BCUT2D eigenvalue weighted by molar-refractivity contribution is -0.120. The number of imidazole rings is 1. The van der Waals surface area contributed by atoms with E-state index < -0.39 is 23.5 Å². The molecule has 1 fully saturated rings. The molecule has 174 valence electrons. The van der Waals surface area contributed by atoms with Crippen LogP contribution in [-0.2, 0) is 24.2 Å². The Morgan fingerprint density at radius 1 is 1.28 bits per heavy atom. The van der Waals surface area contributed by atoms with E-state index in [1.54, 1.807) is 4.57 Å². The molecule has 0 saturated carbocycles. The van der Waals surface area contributed by atoms with Crippen molar-refractivity contribution in [2.24, 2.45) is 0 Å². The second kappa shape index (κ2) is 9.15. The van der Waals surface area contributed by atoms with Gasteiger partial charge in [0.15, 0.2) is 4.77 Å². The Labute approximate surface area is 192 Å². The Morgan fingerprint density at radius 3 is 2.72 bits per heavy atom. The second-order valence-corrected chi connectivity index (χ2v) is 9.14. The number of aromatic amines is 1. The predicted molar refractivity (Wildman–Crippen MR) is 115 cm³/mol. The number of rotatable bonds is 6. The molecule has 0 radical (unpaired) electrons. The summed E-state index contributed by atoms with van der Waals surface area (Å²) in [4.78, 5) is 17.3. The van der Waals surface area contributed by atoms with E-state index in [1.807, 2.05) is 4.90 Å². The molecular weight excluding hydrogens is 468 g/mol. The molecule has 1 aromatic heterocycles. The number of benzene rings is 1. The van der Waals surface area contributed by atoms with Gasteiger partial charge in [0.05, 0.1) is 11.4 Å². The number of hydrogen-bond acceptors (Lipinski definition) is 3. The minimum absolute atomic E-state index is 0.0390. The lowest BCUT2D eigenvalue weighted by Gasteiger charge is -2.31.